The van der Waals surface area contributed by atoms with Crippen molar-refractivity contribution in [2.45, 2.75) is 6.92 Å². The second-order valence-corrected chi connectivity index (χ2v) is 5.12. The number of nitrogens with zero attached hydrogens (tertiary/aromatic N) is 2. The molecule has 0 spiro atoms. The minimum Gasteiger partial charge on any atom is -0.296 e. The maximum Gasteiger partial charge on any atom is 0.276 e. The number of anilines is 1. The molecule has 5 heteroatoms. The van der Waals surface area contributed by atoms with E-state index in [0.717, 1.165) is 10.2 Å². The highest BCUT2D eigenvalue weighted by Gasteiger charge is 2.10. The smallest absolute Gasteiger partial charge is 0.276 e. The molecule has 1 N–H and O–H groups in total. The first kappa shape index (κ1) is 11.8. The largest absolute Gasteiger partial charge is 0.296 e. The van der Waals surface area contributed by atoms with E-state index in [9.17, 15) is 4.79 Å². The van der Waals surface area contributed by atoms with E-state index >= 15 is 0 Å². The molecule has 0 aliphatic rings. The molecule has 0 bridgehead atoms. The van der Waals surface area contributed by atoms with E-state index in [4.69, 9.17) is 0 Å². The first-order valence-electron chi connectivity index (χ1n) is 5.73. The van der Waals surface area contributed by atoms with E-state index in [2.05, 4.69) is 27.4 Å². The number of hydrogen-bond donors (Lipinski definition) is 1. The van der Waals surface area contributed by atoms with Gasteiger partial charge in [0.05, 0.1) is 10.2 Å². The molecule has 1 radical (unpaired) electrons. The third-order valence-electron chi connectivity index (χ3n) is 2.61. The zero-order chi connectivity index (χ0) is 13.2. The Morgan fingerprint density at radius 3 is 3.05 bits per heavy atom. The van der Waals surface area contributed by atoms with Crippen LogP contribution in [0.1, 0.15) is 16.1 Å². The molecule has 0 saturated carbocycles. The van der Waals surface area contributed by atoms with Crippen LogP contribution in [0.4, 0.5) is 5.13 Å². The number of aryl methyl sites for hydroxylation is 1. The predicted molar refractivity (Wildman–Crippen MR) is 75.4 cm³/mol. The van der Waals surface area contributed by atoms with Gasteiger partial charge in [0, 0.05) is 12.3 Å². The number of hydrogen-bond acceptors (Lipinski definition) is 4. The Kier molecular flexibility index (Phi) is 2.97. The fourth-order valence-electron chi connectivity index (χ4n) is 1.70. The summed E-state index contributed by atoms with van der Waals surface area (Å²) >= 11 is 1.46. The quantitative estimate of drug-likeness (QED) is 0.777. The van der Waals surface area contributed by atoms with Crippen LogP contribution in [0.25, 0.3) is 10.2 Å². The van der Waals surface area contributed by atoms with E-state index in [1.165, 1.54) is 23.1 Å². The van der Waals surface area contributed by atoms with Gasteiger partial charge in [0.15, 0.2) is 5.13 Å². The number of aromatic nitrogens is 2. The number of amides is 1. The van der Waals surface area contributed by atoms with E-state index in [1.807, 2.05) is 19.1 Å². The van der Waals surface area contributed by atoms with E-state index in [-0.39, 0.29) is 5.91 Å². The highest BCUT2D eigenvalue weighted by molar-refractivity contribution is 7.22. The summed E-state index contributed by atoms with van der Waals surface area (Å²) in [4.78, 5) is 20.3. The Balaban J connectivity index is 1.87. The van der Waals surface area contributed by atoms with Gasteiger partial charge in [0.2, 0.25) is 0 Å². The van der Waals surface area contributed by atoms with Crippen LogP contribution in [0, 0.1) is 13.0 Å². The van der Waals surface area contributed by atoms with Crippen LogP contribution >= 0.6 is 11.3 Å². The molecule has 0 fully saturated rings. The van der Waals surface area contributed by atoms with Gasteiger partial charge in [0.25, 0.3) is 5.91 Å². The van der Waals surface area contributed by atoms with Crippen LogP contribution in [-0.2, 0) is 0 Å². The summed E-state index contributed by atoms with van der Waals surface area (Å²) in [5.41, 5.74) is 2.42. The van der Waals surface area contributed by atoms with Crippen molar-refractivity contribution in [3.63, 3.8) is 0 Å². The fourth-order valence-corrected chi connectivity index (χ4v) is 2.66. The van der Waals surface area contributed by atoms with Gasteiger partial charge in [-0.25, -0.2) is 4.98 Å². The molecular formula is C14H10N3OS. The summed E-state index contributed by atoms with van der Waals surface area (Å²) in [5.74, 6) is -0.259. The number of carbonyl (C=O) groups is 1. The second kappa shape index (κ2) is 4.78. The summed E-state index contributed by atoms with van der Waals surface area (Å²) in [6.07, 6.45) is 1.47. The normalized spacial score (nSPS) is 10.6. The molecule has 0 aliphatic heterocycles. The van der Waals surface area contributed by atoms with Crippen LogP contribution in [0.2, 0.25) is 0 Å². The summed E-state index contributed by atoms with van der Waals surface area (Å²) in [6.45, 7) is 2.03. The molecule has 19 heavy (non-hydrogen) atoms. The third kappa shape index (κ3) is 2.46. The van der Waals surface area contributed by atoms with Gasteiger partial charge < -0.3 is 0 Å². The number of pyridine rings is 1. The zero-order valence-electron chi connectivity index (χ0n) is 10.2. The van der Waals surface area contributed by atoms with Crippen molar-refractivity contribution in [3.8, 4) is 0 Å². The Labute approximate surface area is 114 Å². The molecule has 1 amide bonds. The van der Waals surface area contributed by atoms with Crippen molar-refractivity contribution < 1.29 is 4.79 Å². The molecule has 0 unspecified atom stereocenters. The third-order valence-corrected chi connectivity index (χ3v) is 3.55. The number of thiazole rings is 1. The highest BCUT2D eigenvalue weighted by Crippen LogP contribution is 2.26. The van der Waals surface area contributed by atoms with Crippen molar-refractivity contribution in [1.82, 2.24) is 9.97 Å². The molecule has 1 aromatic carbocycles. The Morgan fingerprint density at radius 2 is 2.26 bits per heavy atom. The summed E-state index contributed by atoms with van der Waals surface area (Å²) in [5, 5.41) is 3.34. The molecule has 0 aliphatic carbocycles. The molecule has 3 rings (SSSR count). The van der Waals surface area contributed by atoms with E-state index in [1.54, 1.807) is 12.1 Å². The fraction of sp³-hybridized carbons (Fsp3) is 0.0714. The number of fused-ring (bicyclic) bond motifs is 1. The standard InChI is InChI=1S/C14H10N3OS/c1-9-5-6-10-12(8-9)19-14(16-10)17-13(18)11-4-2-3-7-15-11/h2,4-8H,1H3,(H,16,17,18). The summed E-state index contributed by atoms with van der Waals surface area (Å²) in [7, 11) is 0. The van der Waals surface area contributed by atoms with Crippen molar-refractivity contribution in [3.05, 3.63) is 53.9 Å². The van der Waals surface area contributed by atoms with Crippen LogP contribution in [-0.4, -0.2) is 15.9 Å². The number of carbonyl (C=O) groups excluding carboxylic acids is 1. The Bertz CT molecular complexity index is 737. The Hall–Kier alpha value is -2.27. The zero-order valence-corrected chi connectivity index (χ0v) is 11.0. The lowest BCUT2D eigenvalue weighted by Crippen LogP contribution is -2.12. The van der Waals surface area contributed by atoms with Crippen molar-refractivity contribution in [1.29, 1.82) is 0 Å². The topological polar surface area (TPSA) is 54.9 Å². The molecule has 2 aromatic heterocycles. The van der Waals surface area contributed by atoms with Gasteiger partial charge in [-0.3, -0.25) is 15.1 Å². The number of nitrogens with one attached hydrogen (secondary N) is 1. The molecular weight excluding hydrogens is 258 g/mol. The first-order chi connectivity index (χ1) is 9.22. The number of rotatable bonds is 2. The Morgan fingerprint density at radius 1 is 1.37 bits per heavy atom. The SMILES string of the molecule is Cc1ccc2nc(NC(=O)c3cc[c]cn3)sc2c1. The first-order valence-corrected chi connectivity index (χ1v) is 6.55. The summed E-state index contributed by atoms with van der Waals surface area (Å²) < 4.78 is 1.06. The van der Waals surface area contributed by atoms with Gasteiger partial charge in [0.1, 0.15) is 5.69 Å². The maximum absolute atomic E-state index is 11.9. The van der Waals surface area contributed by atoms with E-state index in [0.29, 0.717) is 10.8 Å². The molecule has 0 saturated heterocycles. The van der Waals surface area contributed by atoms with Gasteiger partial charge in [-0.05, 0) is 30.7 Å². The van der Waals surface area contributed by atoms with Gasteiger partial charge in [-0.15, -0.1) is 0 Å². The molecule has 3 aromatic rings. The highest BCUT2D eigenvalue weighted by atomic mass is 32.1. The van der Waals surface area contributed by atoms with Gasteiger partial charge in [-0.2, -0.15) is 0 Å². The van der Waals surface area contributed by atoms with Gasteiger partial charge in [-0.1, -0.05) is 23.5 Å². The molecule has 0 atom stereocenters. The maximum atomic E-state index is 11.9. The number of benzene rings is 1. The minimum absolute atomic E-state index is 0.259. The summed E-state index contributed by atoms with van der Waals surface area (Å²) in [6, 6.07) is 12.1. The minimum atomic E-state index is -0.259. The lowest BCUT2D eigenvalue weighted by Gasteiger charge is -1.99. The predicted octanol–water partition coefficient (Wildman–Crippen LogP) is 3.05. The second-order valence-electron chi connectivity index (χ2n) is 4.09. The molecule has 4 nitrogen and oxygen atoms in total. The van der Waals surface area contributed by atoms with Crippen molar-refractivity contribution >= 4 is 32.6 Å². The van der Waals surface area contributed by atoms with Crippen LogP contribution in [0.3, 0.4) is 0 Å². The van der Waals surface area contributed by atoms with Crippen LogP contribution < -0.4 is 5.32 Å². The van der Waals surface area contributed by atoms with E-state index < -0.39 is 0 Å². The average molecular weight is 268 g/mol. The van der Waals surface area contributed by atoms with Gasteiger partial charge >= 0.3 is 0 Å². The van der Waals surface area contributed by atoms with Crippen molar-refractivity contribution in [2.75, 3.05) is 5.32 Å². The average Bonchev–Trinajstić information content (AvgIpc) is 2.81. The lowest BCUT2D eigenvalue weighted by atomic mass is 10.2. The molecule has 93 valence electrons. The molecule has 2 heterocycles. The lowest BCUT2D eigenvalue weighted by molar-refractivity contribution is 0.102. The van der Waals surface area contributed by atoms with Crippen LogP contribution in [0.15, 0.2) is 36.5 Å². The van der Waals surface area contributed by atoms with Crippen LogP contribution in [0.5, 0.6) is 0 Å². The van der Waals surface area contributed by atoms with Crippen molar-refractivity contribution in [2.24, 2.45) is 0 Å². The monoisotopic (exact) mass is 268 g/mol.